The molecule has 0 N–H and O–H groups in total. The smallest absolute Gasteiger partial charge is 0.163 e. The van der Waals surface area contributed by atoms with E-state index >= 15 is 0 Å². The second-order valence-electron chi connectivity index (χ2n) is 4.99. The number of hydrogen-bond donors (Lipinski definition) is 0. The quantitative estimate of drug-likeness (QED) is 0.576. The minimum atomic E-state index is -0.431. The Morgan fingerprint density at radius 1 is 1.00 bits per heavy atom. The maximum atomic E-state index is 5.79. The number of hydrogen-bond acceptors (Lipinski definition) is 3. The van der Waals surface area contributed by atoms with Crippen molar-refractivity contribution in [2.24, 2.45) is 0 Å². The third-order valence-corrected chi connectivity index (χ3v) is 2.62. The van der Waals surface area contributed by atoms with Crippen LogP contribution in [0.5, 0.6) is 0 Å². The van der Waals surface area contributed by atoms with Gasteiger partial charge >= 0.3 is 0 Å². The first-order valence-electron chi connectivity index (χ1n) is 4.88. The van der Waals surface area contributed by atoms with Gasteiger partial charge in [0.05, 0.1) is 18.3 Å². The minimum Gasteiger partial charge on any atom is -0.373 e. The Morgan fingerprint density at radius 3 is 2.31 bits per heavy atom. The van der Waals surface area contributed by atoms with Crippen LogP contribution in [-0.2, 0) is 14.2 Å². The zero-order chi connectivity index (χ0) is 9.69. The van der Waals surface area contributed by atoms with E-state index in [2.05, 4.69) is 13.8 Å². The van der Waals surface area contributed by atoms with Crippen LogP contribution in [0.25, 0.3) is 0 Å². The summed E-state index contributed by atoms with van der Waals surface area (Å²) in [5.74, 6) is -0.431. The van der Waals surface area contributed by atoms with Gasteiger partial charge in [0.1, 0.15) is 6.10 Å². The van der Waals surface area contributed by atoms with Gasteiger partial charge in [0.15, 0.2) is 5.79 Å². The largest absolute Gasteiger partial charge is 0.373 e. The molecule has 0 aromatic carbocycles. The summed E-state index contributed by atoms with van der Waals surface area (Å²) in [4.78, 5) is 0. The lowest BCUT2D eigenvalue weighted by atomic mass is 9.94. The molecule has 0 unspecified atom stereocenters. The zero-order valence-electron chi connectivity index (χ0n) is 8.79. The van der Waals surface area contributed by atoms with E-state index in [1.807, 2.05) is 13.8 Å². The second kappa shape index (κ2) is 2.69. The molecule has 2 fully saturated rings. The standard InChI is InChI=1S/C10H18O3/c1-9(2)5-7-8(6-11-9)13-10(3,4)12-7/h7-8H,5-6H2,1-4H3/t7-,8+/m1/s1. The van der Waals surface area contributed by atoms with Crippen molar-refractivity contribution < 1.29 is 14.2 Å². The molecule has 0 aromatic heterocycles. The number of fused-ring (bicyclic) bond motifs is 1. The molecule has 0 aromatic rings. The van der Waals surface area contributed by atoms with E-state index in [1.54, 1.807) is 0 Å². The zero-order valence-corrected chi connectivity index (χ0v) is 8.79. The molecular formula is C10H18O3. The Bertz CT molecular complexity index is 208. The maximum absolute atomic E-state index is 5.79. The fourth-order valence-electron chi connectivity index (χ4n) is 2.07. The van der Waals surface area contributed by atoms with Gasteiger partial charge in [0.2, 0.25) is 0 Å². The van der Waals surface area contributed by atoms with Crippen LogP contribution in [-0.4, -0.2) is 30.2 Å². The molecule has 0 bridgehead atoms. The summed E-state index contributed by atoms with van der Waals surface area (Å²) in [6.07, 6.45) is 1.25. The van der Waals surface area contributed by atoms with Gasteiger partial charge in [-0.2, -0.15) is 0 Å². The predicted molar refractivity (Wildman–Crippen MR) is 48.5 cm³/mol. The Morgan fingerprint density at radius 2 is 1.62 bits per heavy atom. The molecule has 2 aliphatic heterocycles. The van der Waals surface area contributed by atoms with Crippen molar-refractivity contribution in [3.05, 3.63) is 0 Å². The first-order valence-corrected chi connectivity index (χ1v) is 4.88. The van der Waals surface area contributed by atoms with Crippen molar-refractivity contribution in [2.45, 2.75) is 57.7 Å². The highest BCUT2D eigenvalue weighted by molar-refractivity contribution is 4.90. The van der Waals surface area contributed by atoms with Crippen molar-refractivity contribution in [1.29, 1.82) is 0 Å². The third-order valence-electron chi connectivity index (χ3n) is 2.62. The molecule has 2 rings (SSSR count). The molecule has 0 radical (unpaired) electrons. The van der Waals surface area contributed by atoms with Crippen LogP contribution in [0.1, 0.15) is 34.1 Å². The molecule has 76 valence electrons. The van der Waals surface area contributed by atoms with E-state index in [0.29, 0.717) is 6.61 Å². The molecule has 3 nitrogen and oxygen atoms in total. The summed E-state index contributed by atoms with van der Waals surface area (Å²) < 4.78 is 17.2. The minimum absolute atomic E-state index is 0.0645. The van der Waals surface area contributed by atoms with Gasteiger partial charge < -0.3 is 14.2 Å². The van der Waals surface area contributed by atoms with Crippen LogP contribution in [0, 0.1) is 0 Å². The number of ether oxygens (including phenoxy) is 3. The molecule has 2 atom stereocenters. The van der Waals surface area contributed by atoms with E-state index in [1.165, 1.54) is 0 Å². The molecule has 13 heavy (non-hydrogen) atoms. The van der Waals surface area contributed by atoms with E-state index < -0.39 is 5.79 Å². The van der Waals surface area contributed by atoms with E-state index in [9.17, 15) is 0 Å². The van der Waals surface area contributed by atoms with Crippen LogP contribution in [0.4, 0.5) is 0 Å². The number of rotatable bonds is 0. The average Bonchev–Trinajstić information content (AvgIpc) is 2.20. The first-order chi connectivity index (χ1) is 5.88. The SMILES string of the molecule is CC1(C)C[C@H]2OC(C)(C)O[C@H]2CO1. The summed E-state index contributed by atoms with van der Waals surface area (Å²) >= 11 is 0. The molecule has 0 amide bonds. The highest BCUT2D eigenvalue weighted by Gasteiger charge is 2.47. The lowest BCUT2D eigenvalue weighted by Gasteiger charge is -2.35. The molecule has 0 spiro atoms. The van der Waals surface area contributed by atoms with Crippen LogP contribution >= 0.6 is 0 Å². The van der Waals surface area contributed by atoms with Crippen LogP contribution in [0.15, 0.2) is 0 Å². The van der Waals surface area contributed by atoms with Gasteiger partial charge in [0.25, 0.3) is 0 Å². The van der Waals surface area contributed by atoms with Crippen LogP contribution in [0.2, 0.25) is 0 Å². The van der Waals surface area contributed by atoms with Crippen molar-refractivity contribution in [3.8, 4) is 0 Å². The molecular weight excluding hydrogens is 168 g/mol. The summed E-state index contributed by atoms with van der Waals surface area (Å²) in [5.41, 5.74) is -0.0645. The third kappa shape index (κ3) is 1.87. The summed E-state index contributed by atoms with van der Waals surface area (Å²) in [6.45, 7) is 8.76. The molecule has 2 aliphatic rings. The van der Waals surface area contributed by atoms with Gasteiger partial charge in [-0.25, -0.2) is 0 Å². The summed E-state index contributed by atoms with van der Waals surface area (Å²) in [6, 6.07) is 0. The first kappa shape index (κ1) is 9.44. The Balaban J connectivity index is 2.06. The predicted octanol–water partition coefficient (Wildman–Crippen LogP) is 1.71. The monoisotopic (exact) mass is 186 g/mol. The summed E-state index contributed by atoms with van der Waals surface area (Å²) in [7, 11) is 0. The lowest BCUT2D eigenvalue weighted by Crippen LogP contribution is -2.44. The van der Waals surface area contributed by atoms with Crippen molar-refractivity contribution in [2.75, 3.05) is 6.61 Å². The molecule has 2 saturated heterocycles. The van der Waals surface area contributed by atoms with Crippen molar-refractivity contribution >= 4 is 0 Å². The maximum Gasteiger partial charge on any atom is 0.163 e. The Hall–Kier alpha value is -0.120. The van der Waals surface area contributed by atoms with E-state index in [0.717, 1.165) is 6.42 Å². The van der Waals surface area contributed by atoms with Crippen molar-refractivity contribution in [1.82, 2.24) is 0 Å². The molecule has 0 aliphatic carbocycles. The topological polar surface area (TPSA) is 27.7 Å². The van der Waals surface area contributed by atoms with Gasteiger partial charge in [-0.1, -0.05) is 0 Å². The van der Waals surface area contributed by atoms with E-state index in [4.69, 9.17) is 14.2 Å². The highest BCUT2D eigenvalue weighted by Crippen LogP contribution is 2.37. The molecule has 0 saturated carbocycles. The Labute approximate surface area is 79.4 Å². The average molecular weight is 186 g/mol. The fraction of sp³-hybridized carbons (Fsp3) is 1.00. The van der Waals surface area contributed by atoms with Gasteiger partial charge in [-0.05, 0) is 27.7 Å². The van der Waals surface area contributed by atoms with Crippen LogP contribution < -0.4 is 0 Å². The second-order valence-corrected chi connectivity index (χ2v) is 4.99. The normalized spacial score (nSPS) is 41.5. The van der Waals surface area contributed by atoms with Crippen molar-refractivity contribution in [3.63, 3.8) is 0 Å². The Kier molecular flexibility index (Phi) is 1.95. The molecule has 2 heterocycles. The fourth-order valence-corrected chi connectivity index (χ4v) is 2.07. The van der Waals surface area contributed by atoms with Gasteiger partial charge in [-0.3, -0.25) is 0 Å². The summed E-state index contributed by atoms with van der Waals surface area (Å²) in [5, 5.41) is 0. The lowest BCUT2D eigenvalue weighted by molar-refractivity contribution is -0.147. The van der Waals surface area contributed by atoms with E-state index in [-0.39, 0.29) is 17.8 Å². The van der Waals surface area contributed by atoms with Gasteiger partial charge in [0, 0.05) is 6.42 Å². The highest BCUT2D eigenvalue weighted by atomic mass is 16.8. The molecule has 3 heteroatoms. The van der Waals surface area contributed by atoms with Crippen LogP contribution in [0.3, 0.4) is 0 Å². The van der Waals surface area contributed by atoms with Gasteiger partial charge in [-0.15, -0.1) is 0 Å².